The van der Waals surface area contributed by atoms with Crippen molar-refractivity contribution in [2.24, 2.45) is 11.3 Å². The van der Waals surface area contributed by atoms with Gasteiger partial charge in [-0.25, -0.2) is 0 Å². The molecule has 1 saturated heterocycles. The third-order valence-electron chi connectivity index (χ3n) is 3.31. The summed E-state index contributed by atoms with van der Waals surface area (Å²) in [7, 11) is 2.24. The van der Waals surface area contributed by atoms with E-state index in [0.29, 0.717) is 5.41 Å². The molecule has 1 heteroatoms. The van der Waals surface area contributed by atoms with E-state index in [-0.39, 0.29) is 0 Å². The van der Waals surface area contributed by atoms with Crippen LogP contribution in [0.2, 0.25) is 0 Å². The molecule has 1 atom stereocenters. The van der Waals surface area contributed by atoms with Gasteiger partial charge in [0.25, 0.3) is 0 Å². The van der Waals surface area contributed by atoms with Crippen molar-refractivity contribution in [1.82, 2.24) is 4.90 Å². The Kier molecular flexibility index (Phi) is 2.58. The van der Waals surface area contributed by atoms with Crippen molar-refractivity contribution in [3.63, 3.8) is 0 Å². The second-order valence-electron chi connectivity index (χ2n) is 4.65. The van der Waals surface area contributed by atoms with Crippen LogP contribution >= 0.6 is 0 Å². The fraction of sp³-hybridized carbons (Fsp3) is 1.00. The van der Waals surface area contributed by atoms with Gasteiger partial charge in [-0.15, -0.1) is 0 Å². The average Bonchev–Trinajstić information content (AvgIpc) is 1.86. The third kappa shape index (κ3) is 1.96. The number of hydrogen-bond donors (Lipinski definition) is 0. The van der Waals surface area contributed by atoms with Gasteiger partial charge in [0.1, 0.15) is 0 Å². The standard InChI is InChI=1S/C10H21N/c1-9(2)10(3)6-5-7-11(4)8-10/h9H,5-8H2,1-4H3. The molecule has 1 unspecified atom stereocenters. The summed E-state index contributed by atoms with van der Waals surface area (Å²) in [5.41, 5.74) is 0.576. The van der Waals surface area contributed by atoms with Crippen LogP contribution in [0.3, 0.4) is 0 Å². The molecule has 0 bridgehead atoms. The molecule has 1 heterocycles. The van der Waals surface area contributed by atoms with Gasteiger partial charge in [0.05, 0.1) is 0 Å². The Morgan fingerprint density at radius 2 is 2.00 bits per heavy atom. The minimum Gasteiger partial charge on any atom is -0.306 e. The lowest BCUT2D eigenvalue weighted by atomic mass is 9.73. The van der Waals surface area contributed by atoms with E-state index in [1.807, 2.05) is 0 Å². The van der Waals surface area contributed by atoms with Gasteiger partial charge in [-0.3, -0.25) is 0 Å². The Labute approximate surface area is 70.8 Å². The molecule has 0 aromatic carbocycles. The maximum atomic E-state index is 2.46. The van der Waals surface area contributed by atoms with Crippen molar-refractivity contribution in [2.45, 2.75) is 33.6 Å². The highest BCUT2D eigenvalue weighted by Crippen LogP contribution is 2.35. The number of likely N-dealkylation sites (tertiary alicyclic amines) is 1. The van der Waals surface area contributed by atoms with Gasteiger partial charge < -0.3 is 4.90 Å². The molecule has 11 heavy (non-hydrogen) atoms. The van der Waals surface area contributed by atoms with E-state index in [1.54, 1.807) is 0 Å². The molecule has 0 spiro atoms. The van der Waals surface area contributed by atoms with E-state index >= 15 is 0 Å². The molecule has 0 aliphatic carbocycles. The van der Waals surface area contributed by atoms with Gasteiger partial charge in [0, 0.05) is 6.54 Å². The SMILES string of the molecule is CC(C)C1(C)CCCN(C)C1. The molecule has 0 saturated carbocycles. The summed E-state index contributed by atoms with van der Waals surface area (Å²) in [6, 6.07) is 0. The van der Waals surface area contributed by atoms with E-state index in [9.17, 15) is 0 Å². The highest BCUT2D eigenvalue weighted by molar-refractivity contribution is 4.84. The first-order valence-corrected chi connectivity index (χ1v) is 4.73. The van der Waals surface area contributed by atoms with Crippen LogP contribution in [0.25, 0.3) is 0 Å². The van der Waals surface area contributed by atoms with Crippen molar-refractivity contribution in [3.8, 4) is 0 Å². The minimum absolute atomic E-state index is 0.576. The van der Waals surface area contributed by atoms with E-state index in [4.69, 9.17) is 0 Å². The van der Waals surface area contributed by atoms with Crippen molar-refractivity contribution >= 4 is 0 Å². The predicted molar refractivity (Wildman–Crippen MR) is 49.7 cm³/mol. The first-order chi connectivity index (χ1) is 5.04. The molecule has 0 aromatic heterocycles. The highest BCUT2D eigenvalue weighted by Gasteiger charge is 2.31. The molecule has 1 nitrogen and oxygen atoms in total. The largest absolute Gasteiger partial charge is 0.306 e. The smallest absolute Gasteiger partial charge is 0.00347 e. The second-order valence-corrected chi connectivity index (χ2v) is 4.65. The van der Waals surface area contributed by atoms with E-state index in [1.165, 1.54) is 25.9 Å². The fourth-order valence-corrected chi connectivity index (χ4v) is 2.00. The molecular weight excluding hydrogens is 134 g/mol. The van der Waals surface area contributed by atoms with E-state index in [0.717, 1.165) is 5.92 Å². The molecule has 0 radical (unpaired) electrons. The van der Waals surface area contributed by atoms with Gasteiger partial charge in [0.2, 0.25) is 0 Å². The summed E-state index contributed by atoms with van der Waals surface area (Å²) in [5.74, 6) is 0.824. The van der Waals surface area contributed by atoms with Crippen molar-refractivity contribution in [2.75, 3.05) is 20.1 Å². The molecule has 66 valence electrons. The maximum Gasteiger partial charge on any atom is 0.00347 e. The molecule has 1 rings (SSSR count). The Balaban J connectivity index is 2.55. The van der Waals surface area contributed by atoms with Crippen LogP contribution in [0.15, 0.2) is 0 Å². The molecule has 1 aliphatic heterocycles. The Bertz CT molecular complexity index is 131. The first kappa shape index (κ1) is 9.05. The van der Waals surface area contributed by atoms with Crippen LogP contribution in [-0.4, -0.2) is 25.0 Å². The fourth-order valence-electron chi connectivity index (χ4n) is 2.00. The van der Waals surface area contributed by atoms with Gasteiger partial charge >= 0.3 is 0 Å². The molecule has 1 fully saturated rings. The van der Waals surface area contributed by atoms with Gasteiger partial charge in [-0.05, 0) is 37.8 Å². The van der Waals surface area contributed by atoms with Crippen molar-refractivity contribution in [3.05, 3.63) is 0 Å². The third-order valence-corrected chi connectivity index (χ3v) is 3.31. The summed E-state index contributed by atoms with van der Waals surface area (Å²) >= 11 is 0. The summed E-state index contributed by atoms with van der Waals surface area (Å²) < 4.78 is 0. The summed E-state index contributed by atoms with van der Waals surface area (Å²) in [5, 5.41) is 0. The van der Waals surface area contributed by atoms with Crippen LogP contribution in [0.4, 0.5) is 0 Å². The summed E-state index contributed by atoms with van der Waals surface area (Å²) in [6.45, 7) is 9.69. The van der Waals surface area contributed by atoms with Gasteiger partial charge in [-0.1, -0.05) is 20.8 Å². The Hall–Kier alpha value is -0.0400. The van der Waals surface area contributed by atoms with Crippen molar-refractivity contribution in [1.29, 1.82) is 0 Å². The topological polar surface area (TPSA) is 3.24 Å². The van der Waals surface area contributed by atoms with E-state index < -0.39 is 0 Å². The molecule has 0 N–H and O–H groups in total. The number of rotatable bonds is 1. The summed E-state index contributed by atoms with van der Waals surface area (Å²) in [6.07, 6.45) is 2.79. The number of piperidine rings is 1. The lowest BCUT2D eigenvalue weighted by molar-refractivity contribution is 0.0804. The van der Waals surface area contributed by atoms with Crippen LogP contribution in [0.1, 0.15) is 33.6 Å². The molecular formula is C10H21N. The average molecular weight is 155 g/mol. The second kappa shape index (κ2) is 3.14. The van der Waals surface area contributed by atoms with E-state index in [2.05, 4.69) is 32.7 Å². The Morgan fingerprint density at radius 1 is 1.36 bits per heavy atom. The predicted octanol–water partition coefficient (Wildman–Crippen LogP) is 2.37. The van der Waals surface area contributed by atoms with Crippen LogP contribution in [0, 0.1) is 11.3 Å². The molecule has 0 aromatic rings. The minimum atomic E-state index is 0.576. The maximum absolute atomic E-state index is 2.46. The van der Waals surface area contributed by atoms with Crippen LogP contribution < -0.4 is 0 Å². The quantitative estimate of drug-likeness (QED) is 0.562. The highest BCUT2D eigenvalue weighted by atomic mass is 15.1. The Morgan fingerprint density at radius 3 is 2.36 bits per heavy atom. The van der Waals surface area contributed by atoms with Crippen LogP contribution in [0.5, 0.6) is 0 Å². The lowest BCUT2D eigenvalue weighted by Crippen LogP contribution is -2.42. The monoisotopic (exact) mass is 155 g/mol. The first-order valence-electron chi connectivity index (χ1n) is 4.73. The van der Waals surface area contributed by atoms with Gasteiger partial charge in [0.15, 0.2) is 0 Å². The zero-order valence-corrected chi connectivity index (χ0v) is 8.35. The number of nitrogens with zero attached hydrogens (tertiary/aromatic N) is 1. The molecule has 0 amide bonds. The zero-order chi connectivity index (χ0) is 8.48. The number of hydrogen-bond acceptors (Lipinski definition) is 1. The normalized spacial score (nSPS) is 34.6. The zero-order valence-electron chi connectivity index (χ0n) is 8.35. The molecule has 1 aliphatic rings. The van der Waals surface area contributed by atoms with Crippen molar-refractivity contribution < 1.29 is 0 Å². The summed E-state index contributed by atoms with van der Waals surface area (Å²) in [4.78, 5) is 2.46. The van der Waals surface area contributed by atoms with Gasteiger partial charge in [-0.2, -0.15) is 0 Å². The lowest BCUT2D eigenvalue weighted by Gasteiger charge is -2.41. The van der Waals surface area contributed by atoms with Crippen LogP contribution in [-0.2, 0) is 0 Å².